The standard InChI is InChI=1S/C16H13N5O2S/c17-11-3-1-9(2-4-11)14(23)21-16-12(13(18)22)20-15(24-16)10-5-7-19-8-6-10/h1-8H,17H2,(H2,18,22)(H,21,23). The molecule has 0 atom stereocenters. The molecule has 0 aliphatic heterocycles. The lowest BCUT2D eigenvalue weighted by Gasteiger charge is -2.04. The molecule has 0 fully saturated rings. The van der Waals surface area contributed by atoms with Crippen molar-refractivity contribution in [3.8, 4) is 10.6 Å². The molecule has 0 spiro atoms. The molecule has 0 aliphatic carbocycles. The maximum Gasteiger partial charge on any atom is 0.270 e. The van der Waals surface area contributed by atoms with E-state index in [-0.39, 0.29) is 11.6 Å². The first-order valence-corrected chi connectivity index (χ1v) is 7.74. The SMILES string of the molecule is NC(=O)c1nc(-c2ccncc2)sc1NC(=O)c1ccc(N)cc1. The van der Waals surface area contributed by atoms with Crippen LogP contribution in [0.3, 0.4) is 0 Å². The highest BCUT2D eigenvalue weighted by Crippen LogP contribution is 2.32. The van der Waals surface area contributed by atoms with Gasteiger partial charge >= 0.3 is 0 Å². The maximum atomic E-state index is 12.3. The number of benzene rings is 1. The molecule has 0 aliphatic rings. The molecule has 24 heavy (non-hydrogen) atoms. The smallest absolute Gasteiger partial charge is 0.270 e. The number of carbonyl (C=O) groups is 2. The third kappa shape index (κ3) is 3.23. The van der Waals surface area contributed by atoms with E-state index >= 15 is 0 Å². The number of rotatable bonds is 4. The summed E-state index contributed by atoms with van der Waals surface area (Å²) in [6.45, 7) is 0. The van der Waals surface area contributed by atoms with Crippen LogP contribution in [0.1, 0.15) is 20.8 Å². The Balaban J connectivity index is 1.92. The Hall–Kier alpha value is -3.26. The molecule has 0 saturated carbocycles. The van der Waals surface area contributed by atoms with E-state index in [1.807, 2.05) is 0 Å². The van der Waals surface area contributed by atoms with Gasteiger partial charge in [-0.1, -0.05) is 11.3 Å². The number of primary amides is 1. The summed E-state index contributed by atoms with van der Waals surface area (Å²) < 4.78 is 0. The summed E-state index contributed by atoms with van der Waals surface area (Å²) in [6.07, 6.45) is 3.24. The molecule has 1 aromatic carbocycles. The van der Waals surface area contributed by atoms with Gasteiger partial charge in [0.25, 0.3) is 11.8 Å². The monoisotopic (exact) mass is 339 g/mol. The van der Waals surface area contributed by atoms with E-state index in [1.54, 1.807) is 48.8 Å². The van der Waals surface area contributed by atoms with Crippen molar-refractivity contribution >= 4 is 33.8 Å². The quantitative estimate of drug-likeness (QED) is 0.628. The second-order valence-electron chi connectivity index (χ2n) is 4.87. The number of thiazole rings is 1. The van der Waals surface area contributed by atoms with Crippen LogP contribution in [-0.2, 0) is 0 Å². The topological polar surface area (TPSA) is 124 Å². The molecule has 2 amide bonds. The van der Waals surface area contributed by atoms with E-state index in [0.29, 0.717) is 21.3 Å². The number of nitrogen functional groups attached to an aromatic ring is 1. The number of anilines is 2. The predicted octanol–water partition coefficient (Wildman–Crippen LogP) is 2.14. The summed E-state index contributed by atoms with van der Waals surface area (Å²) >= 11 is 1.17. The number of nitrogens with two attached hydrogens (primary N) is 2. The average molecular weight is 339 g/mol. The van der Waals surface area contributed by atoms with Crippen LogP contribution in [0.15, 0.2) is 48.8 Å². The lowest BCUT2D eigenvalue weighted by Crippen LogP contribution is -2.17. The van der Waals surface area contributed by atoms with Crippen LogP contribution in [0.4, 0.5) is 10.7 Å². The van der Waals surface area contributed by atoms with Crippen LogP contribution >= 0.6 is 11.3 Å². The van der Waals surface area contributed by atoms with Crippen molar-refractivity contribution in [1.82, 2.24) is 9.97 Å². The van der Waals surface area contributed by atoms with Crippen LogP contribution in [0, 0.1) is 0 Å². The molecule has 8 heteroatoms. The fourth-order valence-electron chi connectivity index (χ4n) is 2.00. The molecule has 2 heterocycles. The fourth-order valence-corrected chi connectivity index (χ4v) is 2.97. The summed E-state index contributed by atoms with van der Waals surface area (Å²) in [5.74, 6) is -1.08. The highest BCUT2D eigenvalue weighted by Gasteiger charge is 2.19. The molecule has 3 rings (SSSR count). The van der Waals surface area contributed by atoms with Gasteiger partial charge in [0.05, 0.1) is 0 Å². The van der Waals surface area contributed by atoms with Crippen LogP contribution in [-0.4, -0.2) is 21.8 Å². The van der Waals surface area contributed by atoms with Gasteiger partial charge in [0.15, 0.2) is 5.69 Å². The first kappa shape index (κ1) is 15.6. The Bertz CT molecular complexity index is 891. The molecule has 7 nitrogen and oxygen atoms in total. The molecular weight excluding hydrogens is 326 g/mol. The highest BCUT2D eigenvalue weighted by atomic mass is 32.1. The molecule has 0 saturated heterocycles. The largest absolute Gasteiger partial charge is 0.399 e. The first-order chi connectivity index (χ1) is 11.5. The van der Waals surface area contributed by atoms with Gasteiger partial charge < -0.3 is 16.8 Å². The summed E-state index contributed by atoms with van der Waals surface area (Å²) in [7, 11) is 0. The number of amides is 2. The zero-order valence-corrected chi connectivity index (χ0v) is 13.2. The number of pyridine rings is 1. The van der Waals surface area contributed by atoms with Crippen LogP contribution < -0.4 is 16.8 Å². The Kier molecular flexibility index (Phi) is 4.21. The maximum absolute atomic E-state index is 12.3. The third-order valence-corrected chi connectivity index (χ3v) is 4.21. The normalized spacial score (nSPS) is 10.3. The van der Waals surface area contributed by atoms with Gasteiger partial charge in [-0.15, -0.1) is 0 Å². The number of nitrogens with zero attached hydrogens (tertiary/aromatic N) is 2. The van der Waals surface area contributed by atoms with Crippen LogP contribution in [0.5, 0.6) is 0 Å². The molecular formula is C16H13N5O2S. The fraction of sp³-hybridized carbons (Fsp3) is 0. The Morgan fingerprint density at radius 2 is 1.71 bits per heavy atom. The predicted molar refractivity (Wildman–Crippen MR) is 92.7 cm³/mol. The van der Waals surface area contributed by atoms with E-state index in [0.717, 1.165) is 5.56 Å². The number of carbonyl (C=O) groups excluding carboxylic acids is 2. The molecule has 5 N–H and O–H groups in total. The molecule has 0 bridgehead atoms. The van der Waals surface area contributed by atoms with Crippen molar-refractivity contribution in [1.29, 1.82) is 0 Å². The van der Waals surface area contributed by atoms with E-state index in [2.05, 4.69) is 15.3 Å². The second kappa shape index (κ2) is 6.47. The number of aromatic nitrogens is 2. The van der Waals surface area contributed by atoms with Gasteiger partial charge in [-0.3, -0.25) is 14.6 Å². The second-order valence-corrected chi connectivity index (χ2v) is 5.87. The number of hydrogen-bond acceptors (Lipinski definition) is 6. The summed E-state index contributed by atoms with van der Waals surface area (Å²) in [5, 5.41) is 3.55. The van der Waals surface area contributed by atoms with E-state index in [9.17, 15) is 9.59 Å². The van der Waals surface area contributed by atoms with Crippen molar-refractivity contribution in [3.63, 3.8) is 0 Å². The zero-order chi connectivity index (χ0) is 17.1. The van der Waals surface area contributed by atoms with Crippen molar-refractivity contribution in [2.45, 2.75) is 0 Å². The van der Waals surface area contributed by atoms with Crippen LogP contribution in [0.25, 0.3) is 10.6 Å². The molecule has 0 radical (unpaired) electrons. The lowest BCUT2D eigenvalue weighted by atomic mass is 10.2. The van der Waals surface area contributed by atoms with Gasteiger partial charge in [-0.2, -0.15) is 0 Å². The summed E-state index contributed by atoms with van der Waals surface area (Å²) in [5.41, 5.74) is 12.7. The molecule has 3 aromatic rings. The number of hydrogen-bond donors (Lipinski definition) is 3. The molecule has 120 valence electrons. The first-order valence-electron chi connectivity index (χ1n) is 6.92. The summed E-state index contributed by atoms with van der Waals surface area (Å²) in [4.78, 5) is 32.1. The minimum Gasteiger partial charge on any atom is -0.399 e. The average Bonchev–Trinajstić information content (AvgIpc) is 3.00. The van der Waals surface area contributed by atoms with Crippen molar-refractivity contribution in [3.05, 3.63) is 60.0 Å². The minimum absolute atomic E-state index is 0.0237. The van der Waals surface area contributed by atoms with E-state index in [4.69, 9.17) is 11.5 Å². The van der Waals surface area contributed by atoms with Crippen molar-refractivity contribution < 1.29 is 9.59 Å². The third-order valence-electron chi connectivity index (χ3n) is 3.19. The van der Waals surface area contributed by atoms with Gasteiger partial charge in [-0.25, -0.2) is 4.98 Å². The van der Waals surface area contributed by atoms with E-state index < -0.39 is 5.91 Å². The lowest BCUT2D eigenvalue weighted by molar-refractivity contribution is 0.0997. The van der Waals surface area contributed by atoms with Gasteiger partial charge in [-0.05, 0) is 36.4 Å². The number of nitrogens with one attached hydrogen (secondary N) is 1. The zero-order valence-electron chi connectivity index (χ0n) is 12.4. The molecule has 0 unspecified atom stereocenters. The molecule has 2 aromatic heterocycles. The minimum atomic E-state index is -0.709. The van der Waals surface area contributed by atoms with Gasteiger partial charge in [0.1, 0.15) is 10.0 Å². The Labute approximate surface area is 141 Å². The van der Waals surface area contributed by atoms with Crippen LogP contribution in [0.2, 0.25) is 0 Å². The van der Waals surface area contributed by atoms with Crippen molar-refractivity contribution in [2.24, 2.45) is 5.73 Å². The van der Waals surface area contributed by atoms with Gasteiger partial charge in [0, 0.05) is 29.2 Å². The summed E-state index contributed by atoms with van der Waals surface area (Å²) in [6, 6.07) is 9.96. The van der Waals surface area contributed by atoms with Crippen molar-refractivity contribution in [2.75, 3.05) is 11.1 Å². The van der Waals surface area contributed by atoms with Gasteiger partial charge in [0.2, 0.25) is 0 Å². The highest BCUT2D eigenvalue weighted by molar-refractivity contribution is 7.19. The van der Waals surface area contributed by atoms with E-state index in [1.165, 1.54) is 11.3 Å². The Morgan fingerprint density at radius 1 is 1.04 bits per heavy atom. The Morgan fingerprint density at radius 3 is 2.33 bits per heavy atom.